The minimum atomic E-state index is -0.267. The first-order valence-corrected chi connectivity index (χ1v) is 6.96. The summed E-state index contributed by atoms with van der Waals surface area (Å²) < 4.78 is 6.72. The van der Waals surface area contributed by atoms with E-state index in [9.17, 15) is 4.79 Å². The van der Waals surface area contributed by atoms with Crippen molar-refractivity contribution < 1.29 is 9.53 Å². The zero-order valence-electron chi connectivity index (χ0n) is 11.6. The summed E-state index contributed by atoms with van der Waals surface area (Å²) in [6.45, 7) is 0.750. The van der Waals surface area contributed by atoms with Crippen LogP contribution >= 0.6 is 0 Å². The Morgan fingerprint density at radius 3 is 2.90 bits per heavy atom. The Morgan fingerprint density at radius 1 is 1.45 bits per heavy atom. The summed E-state index contributed by atoms with van der Waals surface area (Å²) in [6, 6.07) is 7.79. The van der Waals surface area contributed by atoms with Crippen LogP contribution in [0.15, 0.2) is 36.7 Å². The molecular weight excluding hydrogens is 252 g/mol. The number of aromatic nitrogens is 2. The third-order valence-corrected chi connectivity index (χ3v) is 4.00. The number of ether oxygens (including phenoxy) is 1. The number of hydrogen-bond donors (Lipinski definition) is 0. The van der Waals surface area contributed by atoms with E-state index in [-0.39, 0.29) is 5.97 Å². The number of hydrogen-bond acceptors (Lipinski definition) is 3. The highest BCUT2D eigenvalue weighted by molar-refractivity contribution is 5.89. The molecule has 0 saturated heterocycles. The maximum Gasteiger partial charge on any atom is 0.337 e. The van der Waals surface area contributed by atoms with Gasteiger partial charge in [0, 0.05) is 12.4 Å². The van der Waals surface area contributed by atoms with Crippen LogP contribution in [0.4, 0.5) is 0 Å². The fourth-order valence-corrected chi connectivity index (χ4v) is 2.65. The van der Waals surface area contributed by atoms with Crippen molar-refractivity contribution in [3.8, 4) is 0 Å². The topological polar surface area (TPSA) is 44.1 Å². The van der Waals surface area contributed by atoms with Crippen molar-refractivity contribution >= 4 is 5.97 Å². The van der Waals surface area contributed by atoms with Gasteiger partial charge in [0.1, 0.15) is 0 Å². The Bertz CT molecular complexity index is 601. The number of methoxy groups -OCH3 is 1. The number of carbonyl (C=O) groups is 1. The van der Waals surface area contributed by atoms with Crippen LogP contribution in [0, 0.1) is 0 Å². The van der Waals surface area contributed by atoms with Gasteiger partial charge in [-0.2, -0.15) is 5.10 Å². The molecule has 0 bridgehead atoms. The molecule has 1 saturated carbocycles. The fraction of sp³-hybridized carbons (Fsp3) is 0.375. The second kappa shape index (κ2) is 5.49. The first kappa shape index (κ1) is 12.9. The van der Waals surface area contributed by atoms with Crippen LogP contribution in [0.2, 0.25) is 0 Å². The molecule has 0 N–H and O–H groups in total. The summed E-state index contributed by atoms with van der Waals surface area (Å²) in [5.41, 5.74) is 3.15. The second-order valence-electron chi connectivity index (χ2n) is 5.24. The highest BCUT2D eigenvalue weighted by Gasteiger charge is 2.23. The van der Waals surface area contributed by atoms with E-state index >= 15 is 0 Å². The van der Waals surface area contributed by atoms with Crippen molar-refractivity contribution in [1.82, 2.24) is 9.78 Å². The van der Waals surface area contributed by atoms with Gasteiger partial charge in [-0.1, -0.05) is 12.5 Å². The molecule has 1 fully saturated rings. The van der Waals surface area contributed by atoms with Crippen LogP contribution in [-0.4, -0.2) is 22.9 Å². The van der Waals surface area contributed by atoms with E-state index in [1.165, 1.54) is 37.5 Å². The van der Waals surface area contributed by atoms with Crippen LogP contribution in [-0.2, 0) is 11.3 Å². The van der Waals surface area contributed by atoms with Crippen LogP contribution in [0.5, 0.6) is 0 Å². The molecule has 0 unspecified atom stereocenters. The van der Waals surface area contributed by atoms with E-state index in [1.807, 2.05) is 35.1 Å². The van der Waals surface area contributed by atoms with E-state index < -0.39 is 0 Å². The molecule has 104 valence electrons. The van der Waals surface area contributed by atoms with Crippen LogP contribution in [0.3, 0.4) is 0 Å². The molecule has 1 aliphatic carbocycles. The molecule has 20 heavy (non-hydrogen) atoms. The van der Waals surface area contributed by atoms with E-state index in [0.717, 1.165) is 6.54 Å². The van der Waals surface area contributed by atoms with Crippen molar-refractivity contribution in [2.75, 3.05) is 7.11 Å². The lowest BCUT2D eigenvalue weighted by Crippen LogP contribution is -2.14. The lowest BCUT2D eigenvalue weighted by Gasteiger charge is -2.28. The Morgan fingerprint density at radius 2 is 2.30 bits per heavy atom. The average molecular weight is 270 g/mol. The smallest absolute Gasteiger partial charge is 0.337 e. The molecule has 3 rings (SSSR count). The Balaban J connectivity index is 1.93. The molecule has 1 aromatic carbocycles. The normalized spacial score (nSPS) is 14.8. The summed E-state index contributed by atoms with van der Waals surface area (Å²) in [7, 11) is 1.42. The number of rotatable bonds is 4. The first-order valence-electron chi connectivity index (χ1n) is 6.96. The van der Waals surface area contributed by atoms with Crippen molar-refractivity contribution in [2.24, 2.45) is 0 Å². The van der Waals surface area contributed by atoms with Crippen LogP contribution in [0.1, 0.15) is 46.7 Å². The molecule has 4 nitrogen and oxygen atoms in total. The molecule has 0 aliphatic heterocycles. The fourth-order valence-electron chi connectivity index (χ4n) is 2.65. The van der Waals surface area contributed by atoms with E-state index in [1.54, 1.807) is 6.20 Å². The summed E-state index contributed by atoms with van der Waals surface area (Å²) in [5, 5.41) is 4.25. The largest absolute Gasteiger partial charge is 0.465 e. The molecule has 0 spiro atoms. The van der Waals surface area contributed by atoms with Crippen molar-refractivity contribution in [2.45, 2.75) is 31.7 Å². The predicted octanol–water partition coefficient (Wildman–Crippen LogP) is 2.99. The van der Waals surface area contributed by atoms with Gasteiger partial charge in [0.15, 0.2) is 0 Å². The maximum atomic E-state index is 11.7. The molecule has 0 amide bonds. The SMILES string of the molecule is COC(=O)c1ccc(Cn2cccn2)c(C2CCC2)c1. The minimum absolute atomic E-state index is 0.267. The van der Waals surface area contributed by atoms with Gasteiger partial charge >= 0.3 is 5.97 Å². The maximum absolute atomic E-state index is 11.7. The highest BCUT2D eigenvalue weighted by atomic mass is 16.5. The zero-order chi connectivity index (χ0) is 13.9. The Labute approximate surface area is 118 Å². The zero-order valence-corrected chi connectivity index (χ0v) is 11.6. The quantitative estimate of drug-likeness (QED) is 0.802. The summed E-state index contributed by atoms with van der Waals surface area (Å²) >= 11 is 0. The highest BCUT2D eigenvalue weighted by Crippen LogP contribution is 2.38. The second-order valence-corrected chi connectivity index (χ2v) is 5.24. The molecule has 4 heteroatoms. The van der Waals surface area contributed by atoms with E-state index in [0.29, 0.717) is 11.5 Å². The van der Waals surface area contributed by atoms with Gasteiger partial charge in [-0.25, -0.2) is 4.79 Å². The molecule has 2 aromatic rings. The molecule has 0 radical (unpaired) electrons. The summed E-state index contributed by atoms with van der Waals surface area (Å²) in [4.78, 5) is 11.7. The Kier molecular flexibility index (Phi) is 3.54. The lowest BCUT2D eigenvalue weighted by molar-refractivity contribution is 0.0600. The minimum Gasteiger partial charge on any atom is -0.465 e. The third-order valence-electron chi connectivity index (χ3n) is 4.00. The van der Waals surface area contributed by atoms with Crippen molar-refractivity contribution in [3.05, 3.63) is 53.3 Å². The number of esters is 1. The molecule has 1 aliphatic rings. The van der Waals surface area contributed by atoms with Gasteiger partial charge in [0.05, 0.1) is 19.2 Å². The van der Waals surface area contributed by atoms with Gasteiger partial charge in [-0.3, -0.25) is 4.68 Å². The first-order chi connectivity index (χ1) is 9.78. The summed E-state index contributed by atoms with van der Waals surface area (Å²) in [6.07, 6.45) is 7.42. The standard InChI is InChI=1S/C16H18N2O2/c1-20-16(19)13-6-7-14(11-18-9-3-8-17-18)15(10-13)12-4-2-5-12/h3,6-10,12H,2,4-5,11H2,1H3. The van der Waals surface area contributed by atoms with Gasteiger partial charge in [0.25, 0.3) is 0 Å². The van der Waals surface area contributed by atoms with Gasteiger partial charge < -0.3 is 4.74 Å². The molecule has 1 aromatic heterocycles. The molecular formula is C16H18N2O2. The predicted molar refractivity (Wildman–Crippen MR) is 75.7 cm³/mol. The Hall–Kier alpha value is -2.10. The number of carbonyl (C=O) groups excluding carboxylic acids is 1. The monoisotopic (exact) mass is 270 g/mol. The van der Waals surface area contributed by atoms with E-state index in [2.05, 4.69) is 5.10 Å². The lowest BCUT2D eigenvalue weighted by atomic mass is 9.77. The third kappa shape index (κ3) is 2.46. The van der Waals surface area contributed by atoms with Crippen molar-refractivity contribution in [3.63, 3.8) is 0 Å². The summed E-state index contributed by atoms with van der Waals surface area (Å²) in [5.74, 6) is 0.307. The van der Waals surface area contributed by atoms with Crippen LogP contribution in [0.25, 0.3) is 0 Å². The molecule has 1 heterocycles. The number of nitrogens with zero attached hydrogens (tertiary/aromatic N) is 2. The number of benzene rings is 1. The van der Waals surface area contributed by atoms with E-state index in [4.69, 9.17) is 4.74 Å². The van der Waals surface area contributed by atoms with Crippen molar-refractivity contribution in [1.29, 1.82) is 0 Å². The molecule has 0 atom stereocenters. The average Bonchev–Trinajstić information content (AvgIpc) is 2.90. The van der Waals surface area contributed by atoms with Gasteiger partial charge in [-0.15, -0.1) is 0 Å². The van der Waals surface area contributed by atoms with Gasteiger partial charge in [-0.05, 0) is 48.1 Å². The van der Waals surface area contributed by atoms with Gasteiger partial charge in [0.2, 0.25) is 0 Å². The van der Waals surface area contributed by atoms with Crippen LogP contribution < -0.4 is 0 Å².